The van der Waals surface area contributed by atoms with Gasteiger partial charge in [0, 0.05) is 22.1 Å². The molecule has 10 aromatic rings. The van der Waals surface area contributed by atoms with Crippen LogP contribution in [0.3, 0.4) is 0 Å². The lowest BCUT2D eigenvalue weighted by Gasteiger charge is -2.30. The maximum absolute atomic E-state index is 6.53. The Balaban J connectivity index is 1.15. The summed E-state index contributed by atoms with van der Waals surface area (Å²) in [6.07, 6.45) is 0. The zero-order chi connectivity index (χ0) is 39.5. The number of hydrogen-bond donors (Lipinski definition) is 0. The van der Waals surface area contributed by atoms with E-state index in [4.69, 9.17) is 4.42 Å². The molecule has 0 unspecified atom stereocenters. The van der Waals surface area contributed by atoms with Crippen molar-refractivity contribution in [1.29, 1.82) is 0 Å². The lowest BCUT2D eigenvalue weighted by Crippen LogP contribution is -2.14. The molecule has 0 amide bonds. The van der Waals surface area contributed by atoms with Gasteiger partial charge in [-0.2, -0.15) is 0 Å². The van der Waals surface area contributed by atoms with Gasteiger partial charge in [-0.15, -0.1) is 0 Å². The Morgan fingerprint density at radius 2 is 0.932 bits per heavy atom. The van der Waals surface area contributed by atoms with Crippen molar-refractivity contribution in [1.82, 2.24) is 0 Å². The molecule has 0 N–H and O–H groups in total. The van der Waals surface area contributed by atoms with E-state index in [-0.39, 0.29) is 5.41 Å². The number of furan rings is 1. The summed E-state index contributed by atoms with van der Waals surface area (Å²) < 4.78 is 6.53. The van der Waals surface area contributed by atoms with Crippen LogP contribution in [0.2, 0.25) is 0 Å². The molecular weight excluding hydrogens is 715 g/mol. The molecule has 0 saturated heterocycles. The molecule has 0 fully saturated rings. The van der Waals surface area contributed by atoms with Crippen LogP contribution in [0.1, 0.15) is 25.0 Å². The van der Waals surface area contributed by atoms with Crippen LogP contribution < -0.4 is 4.90 Å². The topological polar surface area (TPSA) is 16.4 Å². The second-order valence-electron chi connectivity index (χ2n) is 16.0. The average molecular weight is 756 g/mol. The third-order valence-corrected chi connectivity index (χ3v) is 12.3. The molecule has 0 spiro atoms. The van der Waals surface area contributed by atoms with Gasteiger partial charge in [0.05, 0.1) is 16.8 Å². The maximum Gasteiger partial charge on any atom is 0.137 e. The largest absolute Gasteiger partial charge is 0.456 e. The Kier molecular flexibility index (Phi) is 8.20. The fourth-order valence-corrected chi connectivity index (χ4v) is 9.49. The van der Waals surface area contributed by atoms with Gasteiger partial charge in [-0.3, -0.25) is 0 Å². The SMILES string of the molecule is CC1(C)c2ccccc2-c2cc(-c3ccc(N(c4cccc(-c5ccccc5)c4-c4ccccc4-c4ccccc4)c4cccc5oc6ccccc6c45)cc3)ccc21. The number of fused-ring (bicyclic) bond motifs is 6. The van der Waals surface area contributed by atoms with Crippen molar-refractivity contribution in [2.75, 3.05) is 4.90 Å². The van der Waals surface area contributed by atoms with E-state index in [1.165, 1.54) is 55.6 Å². The van der Waals surface area contributed by atoms with Crippen molar-refractivity contribution in [2.45, 2.75) is 19.3 Å². The highest BCUT2D eigenvalue weighted by atomic mass is 16.3. The minimum absolute atomic E-state index is 0.0295. The van der Waals surface area contributed by atoms with Gasteiger partial charge in [0.25, 0.3) is 0 Å². The highest BCUT2D eigenvalue weighted by Crippen LogP contribution is 2.52. The summed E-state index contributed by atoms with van der Waals surface area (Å²) in [6.45, 7) is 4.67. The number of rotatable bonds is 7. The molecule has 11 rings (SSSR count). The van der Waals surface area contributed by atoms with E-state index in [0.29, 0.717) is 0 Å². The summed E-state index contributed by atoms with van der Waals surface area (Å²) in [7, 11) is 0. The Labute approximate surface area is 345 Å². The van der Waals surface area contributed by atoms with E-state index in [1.807, 2.05) is 6.07 Å². The molecule has 1 aliphatic rings. The minimum atomic E-state index is -0.0295. The second-order valence-corrected chi connectivity index (χ2v) is 16.0. The molecule has 2 heteroatoms. The van der Waals surface area contributed by atoms with Gasteiger partial charge < -0.3 is 9.32 Å². The normalized spacial score (nSPS) is 12.7. The minimum Gasteiger partial charge on any atom is -0.456 e. The average Bonchev–Trinajstić information content (AvgIpc) is 3.79. The van der Waals surface area contributed by atoms with Crippen LogP contribution in [-0.4, -0.2) is 0 Å². The molecule has 1 heterocycles. The summed E-state index contributed by atoms with van der Waals surface area (Å²) in [4.78, 5) is 2.44. The van der Waals surface area contributed by atoms with Crippen LogP contribution in [0.25, 0.3) is 77.6 Å². The number of para-hydroxylation sites is 1. The third-order valence-electron chi connectivity index (χ3n) is 12.3. The van der Waals surface area contributed by atoms with Gasteiger partial charge in [-0.25, -0.2) is 0 Å². The molecular formula is C57H41NO. The van der Waals surface area contributed by atoms with Gasteiger partial charge in [0.1, 0.15) is 11.2 Å². The first kappa shape index (κ1) is 34.8. The first-order valence-electron chi connectivity index (χ1n) is 20.4. The quantitative estimate of drug-likeness (QED) is 0.161. The van der Waals surface area contributed by atoms with Crippen molar-refractivity contribution in [3.63, 3.8) is 0 Å². The van der Waals surface area contributed by atoms with Crippen molar-refractivity contribution in [3.8, 4) is 55.6 Å². The molecule has 2 nitrogen and oxygen atoms in total. The Bertz CT molecular complexity index is 3170. The molecule has 0 bridgehead atoms. The van der Waals surface area contributed by atoms with E-state index in [9.17, 15) is 0 Å². The Morgan fingerprint density at radius 1 is 0.373 bits per heavy atom. The molecule has 0 radical (unpaired) electrons. The highest BCUT2D eigenvalue weighted by molar-refractivity contribution is 6.14. The predicted molar refractivity (Wildman–Crippen MR) is 248 cm³/mol. The summed E-state index contributed by atoms with van der Waals surface area (Å²) in [5.41, 5.74) is 19.7. The zero-order valence-electron chi connectivity index (χ0n) is 33.1. The van der Waals surface area contributed by atoms with Gasteiger partial charge in [0.2, 0.25) is 0 Å². The zero-order valence-corrected chi connectivity index (χ0v) is 33.1. The number of nitrogens with zero attached hydrogens (tertiary/aromatic N) is 1. The second kappa shape index (κ2) is 13.9. The van der Waals surface area contributed by atoms with Crippen LogP contribution in [0.15, 0.2) is 217 Å². The van der Waals surface area contributed by atoms with Crippen molar-refractivity contribution in [3.05, 3.63) is 223 Å². The van der Waals surface area contributed by atoms with Crippen LogP contribution in [0.4, 0.5) is 17.1 Å². The molecule has 1 aliphatic carbocycles. The number of anilines is 3. The number of hydrogen-bond acceptors (Lipinski definition) is 2. The van der Waals surface area contributed by atoms with E-state index in [2.05, 4.69) is 225 Å². The standard InChI is InChI=1S/C57H41NO/c1-57(2)49-26-13-11-22-45(49)48-37-41(33-36-50(48)57)38-31-34-42(35-32-38)58(52-28-16-30-54-56(52)47-24-12-14-29-53(47)59-54)51-27-15-25-44(40-19-7-4-8-20-40)55(51)46-23-10-9-21-43(46)39-17-5-3-6-18-39/h3-37H,1-2H3. The maximum atomic E-state index is 6.53. The van der Waals surface area contributed by atoms with Crippen LogP contribution >= 0.6 is 0 Å². The Morgan fingerprint density at radius 3 is 1.71 bits per heavy atom. The first-order chi connectivity index (χ1) is 29.0. The molecule has 1 aromatic heterocycles. The molecule has 0 aliphatic heterocycles. The summed E-state index contributed by atoms with van der Waals surface area (Å²) in [6, 6.07) is 76.9. The molecule has 59 heavy (non-hydrogen) atoms. The summed E-state index contributed by atoms with van der Waals surface area (Å²) in [5, 5.41) is 2.17. The smallest absolute Gasteiger partial charge is 0.137 e. The third kappa shape index (κ3) is 5.71. The van der Waals surface area contributed by atoms with Crippen LogP contribution in [0.5, 0.6) is 0 Å². The summed E-state index contributed by atoms with van der Waals surface area (Å²) in [5.74, 6) is 0. The predicted octanol–water partition coefficient (Wildman–Crippen LogP) is 16.0. The highest BCUT2D eigenvalue weighted by Gasteiger charge is 2.35. The van der Waals surface area contributed by atoms with Gasteiger partial charge in [-0.1, -0.05) is 184 Å². The van der Waals surface area contributed by atoms with Crippen molar-refractivity contribution in [2.24, 2.45) is 0 Å². The van der Waals surface area contributed by atoms with Gasteiger partial charge in [0.15, 0.2) is 0 Å². The van der Waals surface area contributed by atoms with E-state index < -0.39 is 0 Å². The Hall–Kier alpha value is -7.42. The summed E-state index contributed by atoms with van der Waals surface area (Å²) >= 11 is 0. The lowest BCUT2D eigenvalue weighted by molar-refractivity contribution is 0.660. The fourth-order valence-electron chi connectivity index (χ4n) is 9.49. The van der Waals surface area contributed by atoms with Crippen LogP contribution in [0, 0.1) is 0 Å². The fraction of sp³-hybridized carbons (Fsp3) is 0.0526. The first-order valence-corrected chi connectivity index (χ1v) is 20.4. The van der Waals surface area contributed by atoms with Crippen molar-refractivity contribution < 1.29 is 4.42 Å². The van der Waals surface area contributed by atoms with E-state index in [1.54, 1.807) is 0 Å². The van der Waals surface area contributed by atoms with Gasteiger partial charge in [-0.05, 0) is 104 Å². The molecule has 0 saturated carbocycles. The van der Waals surface area contributed by atoms with Crippen molar-refractivity contribution >= 4 is 39.0 Å². The van der Waals surface area contributed by atoms with Crippen LogP contribution in [-0.2, 0) is 5.41 Å². The number of benzene rings is 9. The lowest BCUT2D eigenvalue weighted by atomic mass is 9.82. The van der Waals surface area contributed by atoms with E-state index in [0.717, 1.165) is 50.1 Å². The molecule has 280 valence electrons. The molecule has 0 atom stereocenters. The van der Waals surface area contributed by atoms with E-state index >= 15 is 0 Å². The van der Waals surface area contributed by atoms with Gasteiger partial charge >= 0.3 is 0 Å². The monoisotopic (exact) mass is 755 g/mol. The molecule has 9 aromatic carbocycles.